The maximum atomic E-state index is 2.16. The van der Waals surface area contributed by atoms with Gasteiger partial charge in [-0.05, 0) is 28.3 Å². The second kappa shape index (κ2) is 54.3. The molecule has 0 bridgehead atoms. The summed E-state index contributed by atoms with van der Waals surface area (Å²) in [6, 6.07) is 37.8. The Morgan fingerprint density at radius 3 is 0.692 bits per heavy atom. The summed E-state index contributed by atoms with van der Waals surface area (Å²) >= 11 is 0. The third-order valence-corrected chi connectivity index (χ3v) is 3.75. The van der Waals surface area contributed by atoms with Crippen molar-refractivity contribution in [3.8, 4) is 0 Å². The molecule has 4 aromatic carbocycles. The summed E-state index contributed by atoms with van der Waals surface area (Å²) in [4.78, 5) is 0. The van der Waals surface area contributed by atoms with Gasteiger partial charge in [-0.3, -0.25) is 0 Å². The number of hydrogen-bond donors (Lipinski definition) is 0. The Balaban J connectivity index is -0.0000000558. The number of hydrogen-bond acceptors (Lipinski definition) is 0. The maximum absolute atomic E-state index is 2.16. The van der Waals surface area contributed by atoms with E-state index >= 15 is 0 Å². The minimum Gasteiger partial charge on any atom is -0.358 e. The van der Waals surface area contributed by atoms with Gasteiger partial charge in [0, 0.05) is 93.8 Å². The maximum Gasteiger partial charge on any atom is 0 e. The van der Waals surface area contributed by atoms with E-state index in [1.54, 1.807) is 0 Å². The van der Waals surface area contributed by atoms with Crippen molar-refractivity contribution in [2.45, 2.75) is 89.5 Å². The van der Waals surface area contributed by atoms with Gasteiger partial charge in [0.05, 0.1) is 0 Å². The smallest absolute Gasteiger partial charge is 0 e. The van der Waals surface area contributed by atoms with E-state index in [9.17, 15) is 0 Å². The van der Waals surface area contributed by atoms with Gasteiger partial charge >= 0.3 is 0 Å². The molecule has 0 saturated carbocycles. The zero-order valence-corrected chi connectivity index (χ0v) is 31.1. The molecule has 2 heteroatoms. The first kappa shape index (κ1) is 58.7. The molecule has 0 aliphatic heterocycles. The van der Waals surface area contributed by atoms with Gasteiger partial charge in [-0.1, -0.05) is 192 Å². The molecule has 4 rings (SSSR count). The van der Waals surface area contributed by atoms with E-state index in [1.165, 1.54) is 21.9 Å². The Morgan fingerprint density at radius 1 is 0.308 bits per heavy atom. The van der Waals surface area contributed by atoms with Crippen LogP contribution < -0.4 is 0 Å². The van der Waals surface area contributed by atoms with Crippen LogP contribution in [0, 0.1) is 109 Å². The third kappa shape index (κ3) is 34.3. The van der Waals surface area contributed by atoms with Crippen molar-refractivity contribution in [3.05, 3.63) is 135 Å². The largest absolute Gasteiger partial charge is 0.358 e. The molecule has 0 aliphatic carbocycles. The first-order valence-electron chi connectivity index (χ1n) is 13.9. The predicted molar refractivity (Wildman–Crippen MR) is 181 cm³/mol. The van der Waals surface area contributed by atoms with Gasteiger partial charge in [-0.25, -0.2) is 0 Å². The SMILES string of the molecule is CC.CC.CC.CC.CC.CC.[CH3-].[CH3-].[Yb].[Yb].c1ccc(Cc2ccccc2)cc1.c1ccc2ccccc2c1. The molecule has 240 valence electrons. The van der Waals surface area contributed by atoms with Gasteiger partial charge in [0.25, 0.3) is 0 Å². The van der Waals surface area contributed by atoms with Crippen molar-refractivity contribution in [2.24, 2.45) is 0 Å². The summed E-state index contributed by atoms with van der Waals surface area (Å²) < 4.78 is 0. The molecule has 0 atom stereocenters. The molecule has 4 aromatic rings. The molecule has 0 N–H and O–H groups in total. The van der Waals surface area contributed by atoms with Crippen LogP contribution in [-0.4, -0.2) is 0 Å². The Hall–Kier alpha value is 0.179. The number of benzene rings is 4. The van der Waals surface area contributed by atoms with E-state index in [-0.39, 0.29) is 109 Å². The topological polar surface area (TPSA) is 0 Å². The van der Waals surface area contributed by atoms with Crippen molar-refractivity contribution < 1.29 is 93.8 Å². The fourth-order valence-electron chi connectivity index (χ4n) is 2.56. The molecular formula is C37H62Yb2-2. The fraction of sp³-hybridized carbons (Fsp3) is 0.351. The van der Waals surface area contributed by atoms with Crippen LogP contribution in [0.5, 0.6) is 0 Å². The molecule has 0 saturated heterocycles. The first-order valence-corrected chi connectivity index (χ1v) is 13.9. The van der Waals surface area contributed by atoms with Crippen LogP contribution >= 0.6 is 0 Å². The van der Waals surface area contributed by atoms with E-state index in [4.69, 9.17) is 0 Å². The second-order valence-corrected chi connectivity index (χ2v) is 5.50. The normalized spacial score (nSPS) is 6.77. The minimum atomic E-state index is 0. The van der Waals surface area contributed by atoms with Crippen molar-refractivity contribution in [1.29, 1.82) is 0 Å². The summed E-state index contributed by atoms with van der Waals surface area (Å²) in [6.45, 7) is 24.0. The predicted octanol–water partition coefficient (Wildman–Crippen LogP) is 13.2. The molecule has 0 nitrogen and oxygen atoms in total. The molecule has 0 aromatic heterocycles. The van der Waals surface area contributed by atoms with Gasteiger partial charge in [-0.2, -0.15) is 0 Å². The summed E-state index contributed by atoms with van der Waals surface area (Å²) in [5.41, 5.74) is 2.74. The Morgan fingerprint density at radius 2 is 0.487 bits per heavy atom. The number of rotatable bonds is 2. The average Bonchev–Trinajstić information content (AvgIpc) is 3.01. The second-order valence-electron chi connectivity index (χ2n) is 5.50. The van der Waals surface area contributed by atoms with E-state index in [0.717, 1.165) is 6.42 Å². The first-order chi connectivity index (χ1) is 17.4. The summed E-state index contributed by atoms with van der Waals surface area (Å²) in [6.07, 6.45) is 1.03. The van der Waals surface area contributed by atoms with Crippen molar-refractivity contribution in [3.63, 3.8) is 0 Å². The molecule has 0 heterocycles. The monoisotopic (exact) mass is 854 g/mol. The van der Waals surface area contributed by atoms with Crippen LogP contribution in [-0.2, 0) is 6.42 Å². The number of fused-ring (bicyclic) bond motifs is 1. The summed E-state index contributed by atoms with van der Waals surface area (Å²) in [7, 11) is 0. The molecule has 0 spiro atoms. The van der Waals surface area contributed by atoms with E-state index in [0.29, 0.717) is 0 Å². The molecule has 0 aliphatic rings. The average molecular weight is 853 g/mol. The van der Waals surface area contributed by atoms with E-state index in [2.05, 4.69) is 109 Å². The summed E-state index contributed by atoms with van der Waals surface area (Å²) in [5.74, 6) is 0. The van der Waals surface area contributed by atoms with Crippen LogP contribution in [0.1, 0.15) is 94.2 Å². The fourth-order valence-corrected chi connectivity index (χ4v) is 2.56. The van der Waals surface area contributed by atoms with E-state index in [1.807, 2.05) is 83.1 Å². The molecule has 0 radical (unpaired) electrons. The van der Waals surface area contributed by atoms with Crippen LogP contribution in [0.25, 0.3) is 10.8 Å². The van der Waals surface area contributed by atoms with Crippen LogP contribution in [0.2, 0.25) is 0 Å². The molecular weight excluding hydrogens is 790 g/mol. The zero-order valence-electron chi connectivity index (χ0n) is 27.6. The van der Waals surface area contributed by atoms with E-state index < -0.39 is 0 Å². The van der Waals surface area contributed by atoms with Crippen molar-refractivity contribution >= 4 is 10.8 Å². The van der Waals surface area contributed by atoms with Gasteiger partial charge in [-0.15, -0.1) is 0 Å². The Bertz CT molecular complexity index is 741. The molecule has 0 amide bonds. The quantitative estimate of drug-likeness (QED) is 0.176. The third-order valence-electron chi connectivity index (χ3n) is 3.75. The van der Waals surface area contributed by atoms with Crippen molar-refractivity contribution in [1.82, 2.24) is 0 Å². The van der Waals surface area contributed by atoms with Crippen LogP contribution in [0.3, 0.4) is 0 Å². The molecule has 0 unspecified atom stereocenters. The van der Waals surface area contributed by atoms with Crippen molar-refractivity contribution in [2.75, 3.05) is 0 Å². The molecule has 39 heavy (non-hydrogen) atoms. The Kier molecular flexibility index (Phi) is 81.8. The molecule has 0 fully saturated rings. The minimum absolute atomic E-state index is 0. The van der Waals surface area contributed by atoms with Gasteiger partial charge in [0.1, 0.15) is 0 Å². The summed E-state index contributed by atoms with van der Waals surface area (Å²) in [5, 5.41) is 2.62. The van der Waals surface area contributed by atoms with Crippen LogP contribution in [0.4, 0.5) is 0 Å². The van der Waals surface area contributed by atoms with Gasteiger partial charge < -0.3 is 14.9 Å². The van der Waals surface area contributed by atoms with Crippen LogP contribution in [0.15, 0.2) is 109 Å². The zero-order chi connectivity index (χ0) is 27.7. The van der Waals surface area contributed by atoms with Gasteiger partial charge in [0.15, 0.2) is 0 Å². The van der Waals surface area contributed by atoms with Gasteiger partial charge in [0.2, 0.25) is 0 Å². The standard InChI is InChI=1S/C13H12.C10H8.6C2H6.2CH3.2Yb/c1-3-7-12(8-4-1)11-13-9-5-2-6-10-13;1-2-6-10-8-4-3-7-9(10)5-1;6*1-2;;;;/h1-10H,11H2;1-8H;6*1-2H3;2*1H3;;/q;;;;;;;;2*-1;;. The Labute approximate surface area is 324 Å².